The van der Waals surface area contributed by atoms with E-state index < -0.39 is 31.9 Å². The molecule has 1 aliphatic carbocycles. The summed E-state index contributed by atoms with van der Waals surface area (Å²) in [7, 11) is -4.80. The molecule has 11 nitrogen and oxygen atoms in total. The second-order valence-corrected chi connectivity index (χ2v) is 13.7. The zero-order chi connectivity index (χ0) is 32.2. The fourth-order valence-corrected chi connectivity index (χ4v) is 6.32. The van der Waals surface area contributed by atoms with Crippen molar-refractivity contribution in [1.82, 2.24) is 20.3 Å². The molecule has 45 heavy (non-hydrogen) atoms. The smallest absolute Gasteiger partial charge is 0.399 e. The first kappa shape index (κ1) is 32.3. The molecule has 234 valence electrons. The van der Waals surface area contributed by atoms with E-state index in [9.17, 15) is 19.1 Å². The van der Waals surface area contributed by atoms with E-state index in [0.717, 1.165) is 16.0 Å². The lowest BCUT2D eigenvalue weighted by Gasteiger charge is -2.32. The van der Waals surface area contributed by atoms with Crippen LogP contribution in [0.15, 0.2) is 102 Å². The molecule has 3 unspecified atom stereocenters. The minimum Gasteiger partial charge on any atom is -0.399 e. The maximum absolute atomic E-state index is 13.8. The number of nitrogen functional groups attached to an aromatic ring is 1. The molecule has 13 heteroatoms. The number of hydrogen-bond donors (Lipinski definition) is 5. The number of carbonyl (C=O) groups excluding carboxylic acids is 1. The van der Waals surface area contributed by atoms with E-state index in [2.05, 4.69) is 34.4 Å². The Labute approximate surface area is 265 Å². The second-order valence-electron chi connectivity index (χ2n) is 11.2. The maximum Gasteiger partial charge on any atom is 0.469 e. The third-order valence-electron chi connectivity index (χ3n) is 7.33. The Hall–Kier alpha value is -4.06. The van der Waals surface area contributed by atoms with Gasteiger partial charge in [0.2, 0.25) is 0 Å². The number of nitrogens with one attached hydrogen (secondary N) is 2. The Bertz CT molecular complexity index is 1780. The molecule has 2 aromatic heterocycles. The van der Waals surface area contributed by atoms with Crippen molar-refractivity contribution in [3.05, 3.63) is 108 Å². The first-order chi connectivity index (χ1) is 21.4. The zero-order valence-corrected chi connectivity index (χ0v) is 26.7. The van der Waals surface area contributed by atoms with Crippen molar-refractivity contribution < 1.29 is 23.7 Å². The van der Waals surface area contributed by atoms with E-state index in [0.29, 0.717) is 28.3 Å². The highest BCUT2D eigenvalue weighted by atomic mass is 32.2. The van der Waals surface area contributed by atoms with Gasteiger partial charge in [0.1, 0.15) is 12.1 Å². The van der Waals surface area contributed by atoms with Gasteiger partial charge in [-0.15, -0.1) is 11.8 Å². The monoisotopic (exact) mass is 646 g/mol. The van der Waals surface area contributed by atoms with Gasteiger partial charge in [0, 0.05) is 21.8 Å². The predicted octanol–water partition coefficient (Wildman–Crippen LogP) is 5.31. The Morgan fingerprint density at radius 2 is 1.82 bits per heavy atom. The van der Waals surface area contributed by atoms with Gasteiger partial charge in [-0.3, -0.25) is 9.32 Å². The minimum atomic E-state index is -4.80. The number of carbonyl (C=O) groups is 1. The molecule has 2 heterocycles. The molecular weight excluding hydrogens is 611 g/mol. The number of phosphoric acid groups is 1. The van der Waals surface area contributed by atoms with E-state index >= 15 is 0 Å². The standard InChI is InChI=1S/C32H35N6O5PS/c1-20(2)26-15-14-25-29(36-26)34-19-35-30(25)37-27-17-21(9-16-28(27)45-24-12-10-23(33)11-13-24)31(39)38-32(3,18-43-44(40,41)42)22-7-5-4-6-8-22/h4-17,19-20,27-28H,18,33H2,1-3H3,(H,38,39)(H2,40,41,42)(H,34,35,36,37). The maximum atomic E-state index is 13.8. The summed E-state index contributed by atoms with van der Waals surface area (Å²) < 4.78 is 16.4. The molecule has 3 atom stereocenters. The van der Waals surface area contributed by atoms with Gasteiger partial charge in [0.25, 0.3) is 5.91 Å². The van der Waals surface area contributed by atoms with Gasteiger partial charge < -0.3 is 26.2 Å². The molecule has 0 fully saturated rings. The highest BCUT2D eigenvalue weighted by Gasteiger charge is 2.34. The fourth-order valence-electron chi connectivity index (χ4n) is 4.84. The molecule has 0 spiro atoms. The number of nitrogens with zero attached hydrogens (tertiary/aromatic N) is 3. The first-order valence-corrected chi connectivity index (χ1v) is 16.7. The van der Waals surface area contributed by atoms with E-state index in [4.69, 9.17) is 15.2 Å². The van der Waals surface area contributed by atoms with E-state index in [1.54, 1.807) is 49.0 Å². The molecule has 1 aliphatic rings. The molecule has 1 amide bonds. The summed E-state index contributed by atoms with van der Waals surface area (Å²) in [5.74, 6) is 0.374. The number of nitrogens with two attached hydrogens (primary N) is 1. The molecule has 0 bridgehead atoms. The molecule has 0 radical (unpaired) electrons. The van der Waals surface area contributed by atoms with E-state index in [-0.39, 0.29) is 11.2 Å². The lowest BCUT2D eigenvalue weighted by atomic mass is 9.92. The quantitative estimate of drug-likeness (QED) is 0.106. The van der Waals surface area contributed by atoms with Crippen molar-refractivity contribution >= 4 is 48.0 Å². The van der Waals surface area contributed by atoms with Gasteiger partial charge >= 0.3 is 7.82 Å². The van der Waals surface area contributed by atoms with Crippen molar-refractivity contribution in [3.8, 4) is 0 Å². The Morgan fingerprint density at radius 3 is 2.51 bits per heavy atom. The number of amides is 1. The Kier molecular flexibility index (Phi) is 9.71. The van der Waals surface area contributed by atoms with Crippen LogP contribution in [0.25, 0.3) is 11.0 Å². The zero-order valence-electron chi connectivity index (χ0n) is 25.0. The molecule has 0 saturated heterocycles. The van der Waals surface area contributed by atoms with Crippen LogP contribution in [0.3, 0.4) is 0 Å². The average Bonchev–Trinajstić information content (AvgIpc) is 3.02. The Morgan fingerprint density at radius 1 is 1.09 bits per heavy atom. The SMILES string of the molecule is CC(C)c1ccc2c(NC3C=C(C(=O)NC(C)(COP(=O)(O)O)c4ccccc4)C=CC3Sc3ccc(N)cc3)ncnc2n1. The number of hydrogen-bond acceptors (Lipinski definition) is 9. The summed E-state index contributed by atoms with van der Waals surface area (Å²) in [6, 6.07) is 20.0. The van der Waals surface area contributed by atoms with E-state index in [1.807, 2.05) is 54.6 Å². The summed E-state index contributed by atoms with van der Waals surface area (Å²) >= 11 is 1.60. The number of thioether (sulfide) groups is 1. The van der Waals surface area contributed by atoms with Crippen LogP contribution in [0, 0.1) is 0 Å². The minimum absolute atomic E-state index is 0.142. The number of anilines is 2. The molecule has 4 aromatic rings. The highest BCUT2D eigenvalue weighted by Crippen LogP contribution is 2.39. The average molecular weight is 647 g/mol. The largest absolute Gasteiger partial charge is 0.469 e. The number of benzene rings is 2. The van der Waals surface area contributed by atoms with Crippen LogP contribution in [-0.2, 0) is 19.4 Å². The van der Waals surface area contributed by atoms with Crippen LogP contribution in [0.5, 0.6) is 0 Å². The number of aromatic nitrogens is 3. The first-order valence-electron chi connectivity index (χ1n) is 14.3. The van der Waals surface area contributed by atoms with Crippen LogP contribution in [-0.4, -0.2) is 48.5 Å². The summed E-state index contributed by atoms with van der Waals surface area (Å²) in [5.41, 5.74) is 7.80. The van der Waals surface area contributed by atoms with E-state index in [1.165, 1.54) is 6.33 Å². The molecule has 5 rings (SSSR count). The summed E-state index contributed by atoms with van der Waals surface area (Å²) in [6.07, 6.45) is 6.97. The van der Waals surface area contributed by atoms with Gasteiger partial charge in [-0.05, 0) is 60.9 Å². The summed E-state index contributed by atoms with van der Waals surface area (Å²) in [6.45, 7) is 5.35. The molecular formula is C32H35N6O5PS. The van der Waals surface area contributed by atoms with Crippen molar-refractivity contribution in [2.75, 3.05) is 17.7 Å². The third-order valence-corrected chi connectivity index (χ3v) is 9.06. The lowest BCUT2D eigenvalue weighted by Crippen LogP contribution is -2.47. The number of phosphoric ester groups is 1. The van der Waals surface area contributed by atoms with Crippen LogP contribution >= 0.6 is 19.6 Å². The molecule has 6 N–H and O–H groups in total. The van der Waals surface area contributed by atoms with Crippen molar-refractivity contribution in [2.45, 2.75) is 48.4 Å². The Balaban J connectivity index is 1.46. The molecule has 0 saturated carbocycles. The van der Waals surface area contributed by atoms with Crippen molar-refractivity contribution in [2.24, 2.45) is 0 Å². The van der Waals surface area contributed by atoms with Crippen LogP contribution in [0.4, 0.5) is 11.5 Å². The predicted molar refractivity (Wildman–Crippen MR) is 176 cm³/mol. The molecule has 2 aromatic carbocycles. The van der Waals surface area contributed by atoms with Crippen LogP contribution in [0.2, 0.25) is 0 Å². The highest BCUT2D eigenvalue weighted by molar-refractivity contribution is 8.00. The lowest BCUT2D eigenvalue weighted by molar-refractivity contribution is -0.119. The number of rotatable bonds is 11. The second kappa shape index (κ2) is 13.5. The van der Waals surface area contributed by atoms with Crippen LogP contribution < -0.4 is 16.4 Å². The van der Waals surface area contributed by atoms with Crippen LogP contribution in [0.1, 0.15) is 37.9 Å². The third kappa shape index (κ3) is 8.16. The van der Waals surface area contributed by atoms with Gasteiger partial charge in [-0.1, -0.05) is 56.3 Å². The van der Waals surface area contributed by atoms with Gasteiger partial charge in [0.15, 0.2) is 5.65 Å². The van der Waals surface area contributed by atoms with Crippen molar-refractivity contribution in [3.63, 3.8) is 0 Å². The summed E-state index contributed by atoms with van der Waals surface area (Å²) in [5, 5.41) is 7.06. The number of fused-ring (bicyclic) bond motifs is 1. The summed E-state index contributed by atoms with van der Waals surface area (Å²) in [4.78, 5) is 47.1. The van der Waals surface area contributed by atoms with Gasteiger partial charge in [-0.25, -0.2) is 19.5 Å². The van der Waals surface area contributed by atoms with Gasteiger partial charge in [0.05, 0.1) is 28.8 Å². The van der Waals surface area contributed by atoms with Gasteiger partial charge in [-0.2, -0.15) is 0 Å². The topological polar surface area (TPSA) is 173 Å². The molecule has 0 aliphatic heterocycles. The normalized spacial score (nSPS) is 18.0. The van der Waals surface area contributed by atoms with Crippen molar-refractivity contribution in [1.29, 1.82) is 0 Å². The number of pyridine rings is 1. The fraction of sp³-hybridized carbons (Fsp3) is 0.250.